The Morgan fingerprint density at radius 1 is 1.07 bits per heavy atom. The SMILES string of the molecule is O=C1[C@H]2[C@@H]3C=C[C@@H]([C@H]4C[C@H]34)[C@@H]2C(=O)N1CN(C(=O)C(F)(F)F)c1ccccc1Cl. The Kier molecular flexibility index (Phi) is 3.91. The van der Waals surface area contributed by atoms with Crippen molar-refractivity contribution in [2.45, 2.75) is 12.6 Å². The molecule has 0 N–H and O–H groups in total. The predicted octanol–water partition coefficient (Wildman–Crippen LogP) is 3.25. The van der Waals surface area contributed by atoms with Crippen molar-refractivity contribution in [1.82, 2.24) is 4.90 Å². The summed E-state index contributed by atoms with van der Waals surface area (Å²) in [7, 11) is 0. The van der Waals surface area contributed by atoms with Crippen LogP contribution in [0.25, 0.3) is 0 Å². The van der Waals surface area contributed by atoms with Gasteiger partial charge in [0.2, 0.25) is 11.8 Å². The number of likely N-dealkylation sites (tertiary alicyclic amines) is 1. The Hall–Kier alpha value is -2.35. The highest BCUT2D eigenvalue weighted by Crippen LogP contribution is 2.65. The van der Waals surface area contributed by atoms with Crippen LogP contribution in [-0.2, 0) is 14.4 Å². The maximum atomic E-state index is 13.2. The third kappa shape index (κ3) is 2.64. The average molecular weight is 425 g/mol. The van der Waals surface area contributed by atoms with Crippen molar-refractivity contribution >= 4 is 35.0 Å². The van der Waals surface area contributed by atoms with Crippen molar-refractivity contribution in [2.75, 3.05) is 11.6 Å². The molecule has 9 heteroatoms. The van der Waals surface area contributed by atoms with Gasteiger partial charge in [-0.25, -0.2) is 0 Å². The first-order chi connectivity index (χ1) is 13.7. The maximum absolute atomic E-state index is 13.2. The van der Waals surface area contributed by atoms with E-state index in [-0.39, 0.29) is 22.5 Å². The Morgan fingerprint density at radius 2 is 1.62 bits per heavy atom. The minimum absolute atomic E-state index is 0.0523. The Bertz CT molecular complexity index is 927. The van der Waals surface area contributed by atoms with Gasteiger partial charge in [-0.2, -0.15) is 13.2 Å². The third-order valence-electron chi connectivity index (χ3n) is 6.67. The molecule has 4 aliphatic carbocycles. The molecule has 0 radical (unpaired) electrons. The van der Waals surface area contributed by atoms with Gasteiger partial charge in [-0.1, -0.05) is 35.9 Å². The summed E-state index contributed by atoms with van der Waals surface area (Å²) in [6.45, 7) is -0.804. The molecule has 1 saturated heterocycles. The summed E-state index contributed by atoms with van der Waals surface area (Å²) >= 11 is 6.01. The van der Waals surface area contributed by atoms with Gasteiger partial charge >= 0.3 is 12.1 Å². The topological polar surface area (TPSA) is 57.7 Å². The van der Waals surface area contributed by atoms with Gasteiger partial charge in [0, 0.05) is 0 Å². The highest BCUT2D eigenvalue weighted by atomic mass is 35.5. The van der Waals surface area contributed by atoms with Gasteiger partial charge in [0.25, 0.3) is 0 Å². The molecule has 5 aliphatic rings. The summed E-state index contributed by atoms with van der Waals surface area (Å²) in [4.78, 5) is 39.4. The quantitative estimate of drug-likeness (QED) is 0.553. The van der Waals surface area contributed by atoms with E-state index in [0.717, 1.165) is 11.3 Å². The number of halogens is 4. The van der Waals surface area contributed by atoms with Crippen LogP contribution in [0.4, 0.5) is 18.9 Å². The van der Waals surface area contributed by atoms with Gasteiger partial charge in [-0.05, 0) is 42.2 Å². The predicted molar refractivity (Wildman–Crippen MR) is 96.4 cm³/mol. The lowest BCUT2D eigenvalue weighted by molar-refractivity contribution is -0.171. The highest BCUT2D eigenvalue weighted by molar-refractivity contribution is 6.33. The fourth-order valence-electron chi connectivity index (χ4n) is 5.37. The number of rotatable bonds is 3. The van der Waals surface area contributed by atoms with E-state index < -0.39 is 42.4 Å². The van der Waals surface area contributed by atoms with Crippen molar-refractivity contribution in [1.29, 1.82) is 0 Å². The van der Waals surface area contributed by atoms with Crippen LogP contribution in [-0.4, -0.2) is 35.5 Å². The average Bonchev–Trinajstić information content (AvgIpc) is 3.45. The minimum atomic E-state index is -5.18. The Balaban J connectivity index is 1.48. The first-order valence-corrected chi connectivity index (χ1v) is 9.74. The van der Waals surface area contributed by atoms with Gasteiger partial charge in [-0.15, -0.1) is 0 Å². The van der Waals surface area contributed by atoms with Crippen LogP contribution in [0.15, 0.2) is 36.4 Å². The van der Waals surface area contributed by atoms with Crippen LogP contribution >= 0.6 is 11.6 Å². The van der Waals surface area contributed by atoms with Crippen LogP contribution in [0, 0.1) is 35.5 Å². The van der Waals surface area contributed by atoms with Crippen LogP contribution in [0.3, 0.4) is 0 Å². The lowest BCUT2D eigenvalue weighted by Gasteiger charge is -2.37. The Labute approximate surface area is 169 Å². The molecule has 0 unspecified atom stereocenters. The first-order valence-electron chi connectivity index (χ1n) is 9.37. The number of nitrogens with zero attached hydrogens (tertiary/aromatic N) is 2. The first kappa shape index (κ1) is 18.7. The van der Waals surface area contributed by atoms with Gasteiger partial charge in [0.1, 0.15) is 6.67 Å². The number of imide groups is 1. The zero-order valence-corrected chi connectivity index (χ0v) is 15.7. The molecule has 29 heavy (non-hydrogen) atoms. The number of carbonyl (C=O) groups excluding carboxylic acids is 3. The molecular weight excluding hydrogens is 409 g/mol. The van der Waals surface area contributed by atoms with Crippen molar-refractivity contribution < 1.29 is 27.6 Å². The number of anilines is 1. The lowest BCUT2D eigenvalue weighted by atomic mass is 9.63. The van der Waals surface area contributed by atoms with E-state index in [0.29, 0.717) is 16.7 Å². The van der Waals surface area contributed by atoms with Crippen molar-refractivity contribution in [3.8, 4) is 0 Å². The van der Waals surface area contributed by atoms with Gasteiger partial charge in [-0.3, -0.25) is 24.2 Å². The van der Waals surface area contributed by atoms with E-state index >= 15 is 0 Å². The molecule has 2 saturated carbocycles. The molecule has 1 aromatic rings. The van der Waals surface area contributed by atoms with Crippen LogP contribution in [0.1, 0.15) is 6.42 Å². The third-order valence-corrected chi connectivity index (χ3v) is 6.99. The molecule has 2 bridgehead atoms. The lowest BCUT2D eigenvalue weighted by Crippen LogP contribution is -2.49. The Morgan fingerprint density at radius 3 is 2.14 bits per heavy atom. The summed E-state index contributed by atoms with van der Waals surface area (Å²) in [6, 6.07) is 5.55. The fourth-order valence-corrected chi connectivity index (χ4v) is 5.61. The van der Waals surface area contributed by atoms with E-state index in [2.05, 4.69) is 0 Å². The number of hydrogen-bond acceptors (Lipinski definition) is 3. The molecule has 3 amide bonds. The van der Waals surface area contributed by atoms with E-state index in [1.165, 1.54) is 24.3 Å². The van der Waals surface area contributed by atoms with E-state index in [1.54, 1.807) is 0 Å². The number of alkyl halides is 3. The zero-order valence-electron chi connectivity index (χ0n) is 15.0. The number of amides is 3. The molecule has 1 heterocycles. The van der Waals surface area contributed by atoms with Crippen LogP contribution < -0.4 is 4.90 Å². The van der Waals surface area contributed by atoms with Crippen LogP contribution in [0.2, 0.25) is 5.02 Å². The van der Waals surface area contributed by atoms with E-state index in [1.807, 2.05) is 12.2 Å². The maximum Gasteiger partial charge on any atom is 0.471 e. The number of allylic oxidation sites excluding steroid dienone is 2. The molecule has 5 nitrogen and oxygen atoms in total. The van der Waals surface area contributed by atoms with E-state index in [4.69, 9.17) is 11.6 Å². The monoisotopic (exact) mass is 424 g/mol. The summed E-state index contributed by atoms with van der Waals surface area (Å²) in [5, 5.41) is -0.0791. The van der Waals surface area contributed by atoms with Crippen molar-refractivity contribution in [3.05, 3.63) is 41.4 Å². The number of para-hydroxylation sites is 1. The standard InChI is InChI=1S/C20H16ClF3N2O3/c21-13-3-1-2-4-14(13)25(19(29)20(22,23)24)8-26-17(27)15-9-5-6-10(12-7-11(9)12)16(15)18(26)28/h1-6,9-12,15-16H,7-8H2/t9-,10+,11-,12-,15+,16+/m1/s1. The summed E-state index contributed by atoms with van der Waals surface area (Å²) < 4.78 is 39.7. The molecule has 6 rings (SSSR count). The highest BCUT2D eigenvalue weighted by Gasteiger charge is 2.67. The van der Waals surface area contributed by atoms with E-state index in [9.17, 15) is 27.6 Å². The summed E-state index contributed by atoms with van der Waals surface area (Å²) in [6.07, 6.45) is -0.253. The number of carbonyl (C=O) groups is 3. The second-order valence-corrected chi connectivity index (χ2v) is 8.49. The van der Waals surface area contributed by atoms with Gasteiger partial charge in [0.15, 0.2) is 0 Å². The molecule has 0 spiro atoms. The van der Waals surface area contributed by atoms with Crippen molar-refractivity contribution in [3.63, 3.8) is 0 Å². The molecule has 3 fully saturated rings. The normalized spacial score (nSPS) is 34.3. The minimum Gasteiger partial charge on any atom is -0.284 e. The second kappa shape index (κ2) is 6.08. The smallest absolute Gasteiger partial charge is 0.284 e. The molecule has 152 valence electrons. The molecule has 1 aliphatic heterocycles. The molecule has 1 aromatic carbocycles. The fraction of sp³-hybridized carbons (Fsp3) is 0.450. The van der Waals surface area contributed by atoms with Crippen LogP contribution in [0.5, 0.6) is 0 Å². The van der Waals surface area contributed by atoms with Gasteiger partial charge < -0.3 is 0 Å². The van der Waals surface area contributed by atoms with Crippen molar-refractivity contribution in [2.24, 2.45) is 35.5 Å². The van der Waals surface area contributed by atoms with Gasteiger partial charge in [0.05, 0.1) is 22.5 Å². The molecule has 6 atom stereocenters. The summed E-state index contributed by atoms with van der Waals surface area (Å²) in [5.41, 5.74) is -0.198. The molecule has 0 aromatic heterocycles. The number of hydrogen-bond donors (Lipinski definition) is 0. The second-order valence-electron chi connectivity index (χ2n) is 8.08. The zero-order chi connectivity index (χ0) is 20.7. The number of benzene rings is 1. The summed E-state index contributed by atoms with van der Waals surface area (Å²) in [5.74, 6) is -3.63. The molecular formula is C20H16ClF3N2O3. The largest absolute Gasteiger partial charge is 0.471 e.